The van der Waals surface area contributed by atoms with Crippen LogP contribution in [0.4, 0.5) is 0 Å². The molecule has 0 aromatic rings. The van der Waals surface area contributed by atoms with Crippen molar-refractivity contribution in [2.45, 2.75) is 69.8 Å². The molecule has 138 valence electrons. The molecule has 1 aliphatic heterocycles. The molecular weight excluding hydrogens is 344 g/mol. The highest BCUT2D eigenvalue weighted by Gasteiger charge is 2.34. The maximum absolute atomic E-state index is 11.5. The monoisotopic (exact) mass is 368 g/mol. The van der Waals surface area contributed by atoms with Gasteiger partial charge >= 0.3 is 11.9 Å². The number of allylic oxidation sites excluding steroid dienone is 2. The number of terminal acetylenes is 1. The Bertz CT molecular complexity index is 549. The number of carbonyl (C=O) groups excluding carboxylic acids is 2. The second-order valence-corrected chi connectivity index (χ2v) is 6.35. The van der Waals surface area contributed by atoms with Crippen LogP contribution in [0.15, 0.2) is 24.3 Å². The summed E-state index contributed by atoms with van der Waals surface area (Å²) in [6, 6.07) is 0. The molecule has 0 spiro atoms. The average molecular weight is 369 g/mol. The van der Waals surface area contributed by atoms with Crippen LogP contribution in [0.25, 0.3) is 0 Å². The molecular formula is C19H25ClO5. The summed E-state index contributed by atoms with van der Waals surface area (Å²) in [5, 5.41) is -0.360. The van der Waals surface area contributed by atoms with E-state index in [0.29, 0.717) is 12.8 Å². The first-order chi connectivity index (χ1) is 11.9. The second kappa shape index (κ2) is 11.0. The number of halogens is 1. The van der Waals surface area contributed by atoms with Crippen LogP contribution in [-0.2, 0) is 23.8 Å². The van der Waals surface area contributed by atoms with Crippen LogP contribution in [-0.4, -0.2) is 41.7 Å². The Balaban J connectivity index is 3.03. The highest BCUT2D eigenvalue weighted by atomic mass is 35.5. The lowest BCUT2D eigenvalue weighted by atomic mass is 9.99. The Kier molecular flexibility index (Phi) is 9.33. The maximum Gasteiger partial charge on any atom is 0.303 e. The van der Waals surface area contributed by atoms with Gasteiger partial charge in [-0.05, 0) is 25.0 Å². The minimum atomic E-state index is -0.674. The normalized spacial score (nSPS) is 27.8. The first-order valence-corrected chi connectivity index (χ1v) is 8.74. The summed E-state index contributed by atoms with van der Waals surface area (Å²) in [7, 11) is 0. The highest BCUT2D eigenvalue weighted by Crippen LogP contribution is 2.26. The molecule has 5 atom stereocenters. The van der Waals surface area contributed by atoms with Gasteiger partial charge in [-0.3, -0.25) is 9.59 Å². The van der Waals surface area contributed by atoms with Crippen LogP contribution in [0.2, 0.25) is 0 Å². The summed E-state index contributed by atoms with van der Waals surface area (Å²) in [4.78, 5) is 22.9. The Morgan fingerprint density at radius 3 is 2.60 bits per heavy atom. The van der Waals surface area contributed by atoms with E-state index < -0.39 is 24.1 Å². The molecule has 0 aromatic carbocycles. The number of hydrogen-bond acceptors (Lipinski definition) is 5. The summed E-state index contributed by atoms with van der Waals surface area (Å²) in [6.45, 7) is 4.61. The quantitative estimate of drug-likeness (QED) is 0.312. The molecule has 0 N–H and O–H groups in total. The molecule has 1 unspecified atom stereocenters. The van der Waals surface area contributed by atoms with E-state index in [1.54, 1.807) is 18.2 Å². The van der Waals surface area contributed by atoms with Crippen molar-refractivity contribution in [3.05, 3.63) is 24.3 Å². The van der Waals surface area contributed by atoms with Gasteiger partial charge in [-0.15, -0.1) is 18.0 Å². The van der Waals surface area contributed by atoms with Crippen molar-refractivity contribution in [2.24, 2.45) is 0 Å². The number of carbonyl (C=O) groups is 2. The lowest BCUT2D eigenvalue weighted by Gasteiger charge is -2.33. The lowest BCUT2D eigenvalue weighted by Crippen LogP contribution is -2.42. The summed E-state index contributed by atoms with van der Waals surface area (Å²) in [6.07, 6.45) is 11.8. The lowest BCUT2D eigenvalue weighted by molar-refractivity contribution is -0.165. The van der Waals surface area contributed by atoms with Gasteiger partial charge < -0.3 is 14.2 Å². The minimum Gasteiger partial charge on any atom is -0.458 e. The summed E-state index contributed by atoms with van der Waals surface area (Å²) in [5.74, 6) is 1.51. The molecule has 0 saturated carbocycles. The number of hydrogen-bond donors (Lipinski definition) is 0. The molecule has 0 aromatic heterocycles. The molecule has 1 aliphatic rings. The molecule has 5 nitrogen and oxygen atoms in total. The third-order valence-corrected chi connectivity index (χ3v) is 4.16. The van der Waals surface area contributed by atoms with Gasteiger partial charge in [-0.1, -0.05) is 25.0 Å². The van der Waals surface area contributed by atoms with Gasteiger partial charge in [0.1, 0.15) is 6.10 Å². The predicted molar refractivity (Wildman–Crippen MR) is 96.0 cm³/mol. The van der Waals surface area contributed by atoms with E-state index in [1.807, 2.05) is 13.0 Å². The minimum absolute atomic E-state index is 0.167. The summed E-state index contributed by atoms with van der Waals surface area (Å²) in [5.41, 5.74) is 0. The van der Waals surface area contributed by atoms with E-state index in [9.17, 15) is 9.59 Å². The smallest absolute Gasteiger partial charge is 0.303 e. The van der Waals surface area contributed by atoms with Crippen LogP contribution >= 0.6 is 11.6 Å². The van der Waals surface area contributed by atoms with Gasteiger partial charge in [0.25, 0.3) is 0 Å². The van der Waals surface area contributed by atoms with Crippen molar-refractivity contribution >= 4 is 23.5 Å². The van der Waals surface area contributed by atoms with E-state index in [4.69, 9.17) is 32.2 Å². The largest absolute Gasteiger partial charge is 0.458 e. The second-order valence-electron chi connectivity index (χ2n) is 5.78. The first-order valence-electron chi connectivity index (χ1n) is 8.30. The molecule has 1 heterocycles. The van der Waals surface area contributed by atoms with E-state index in [0.717, 1.165) is 6.42 Å². The Morgan fingerprint density at radius 1 is 1.36 bits per heavy atom. The molecule has 0 bridgehead atoms. The van der Waals surface area contributed by atoms with Gasteiger partial charge in [0.05, 0.1) is 17.6 Å². The molecule has 1 rings (SSSR count). The van der Waals surface area contributed by atoms with Gasteiger partial charge in [-0.25, -0.2) is 0 Å². The van der Waals surface area contributed by atoms with Gasteiger partial charge in [0, 0.05) is 20.3 Å². The fourth-order valence-electron chi connectivity index (χ4n) is 2.56. The van der Waals surface area contributed by atoms with Gasteiger partial charge in [0.2, 0.25) is 0 Å². The zero-order chi connectivity index (χ0) is 18.8. The number of rotatable bonds is 6. The zero-order valence-corrected chi connectivity index (χ0v) is 15.6. The third kappa shape index (κ3) is 7.76. The van der Waals surface area contributed by atoms with Crippen molar-refractivity contribution in [1.29, 1.82) is 0 Å². The van der Waals surface area contributed by atoms with E-state index in [1.165, 1.54) is 13.8 Å². The Morgan fingerprint density at radius 2 is 2.04 bits per heavy atom. The van der Waals surface area contributed by atoms with Crippen molar-refractivity contribution in [3.63, 3.8) is 0 Å². The molecule has 25 heavy (non-hydrogen) atoms. The summed E-state index contributed by atoms with van der Waals surface area (Å²) >= 11 is 6.48. The van der Waals surface area contributed by atoms with Crippen LogP contribution in [0.5, 0.6) is 0 Å². The average Bonchev–Trinajstić information content (AvgIpc) is 2.53. The molecule has 0 fully saturated rings. The van der Waals surface area contributed by atoms with Crippen LogP contribution in [0, 0.1) is 12.3 Å². The standard InChI is InChI=1S/C19H25ClO5/c1-5-7-8-9-16(20)18-12-19(24-14(4)22)17(23-13(3)21)11-10-15(6-2)25-18/h1,7-8,10-11,15-19H,6,9,12H2,2-4H3/b8-7-,11-10?/t15-,16?,17-,18-,19-/m1/s1. The van der Waals surface area contributed by atoms with E-state index >= 15 is 0 Å². The first kappa shape index (κ1) is 21.3. The van der Waals surface area contributed by atoms with Crippen LogP contribution in [0.1, 0.15) is 40.0 Å². The third-order valence-electron chi connectivity index (χ3n) is 3.70. The Labute approximate surface area is 154 Å². The fraction of sp³-hybridized carbons (Fsp3) is 0.579. The Hall–Kier alpha value is -1.77. The van der Waals surface area contributed by atoms with Crippen molar-refractivity contribution in [3.8, 4) is 12.3 Å². The predicted octanol–water partition coefficient (Wildman–Crippen LogP) is 3.16. The fourth-order valence-corrected chi connectivity index (χ4v) is 2.83. The summed E-state index contributed by atoms with van der Waals surface area (Å²) < 4.78 is 16.7. The zero-order valence-electron chi connectivity index (χ0n) is 14.8. The molecule has 0 aliphatic carbocycles. The van der Waals surface area contributed by atoms with Crippen molar-refractivity contribution in [2.75, 3.05) is 0 Å². The number of ether oxygens (including phenoxy) is 3. The van der Waals surface area contributed by atoms with Crippen LogP contribution in [0.3, 0.4) is 0 Å². The molecule has 0 radical (unpaired) electrons. The van der Waals surface area contributed by atoms with E-state index in [2.05, 4.69) is 5.92 Å². The number of alkyl halides is 1. The van der Waals surface area contributed by atoms with Gasteiger partial charge in [-0.2, -0.15) is 0 Å². The topological polar surface area (TPSA) is 61.8 Å². The molecule has 6 heteroatoms. The van der Waals surface area contributed by atoms with Gasteiger partial charge in [0.15, 0.2) is 6.10 Å². The van der Waals surface area contributed by atoms with Crippen molar-refractivity contribution in [1.82, 2.24) is 0 Å². The van der Waals surface area contributed by atoms with Crippen molar-refractivity contribution < 1.29 is 23.8 Å². The van der Waals surface area contributed by atoms with Crippen LogP contribution < -0.4 is 0 Å². The molecule has 0 saturated heterocycles. The number of esters is 2. The molecule has 0 amide bonds. The van der Waals surface area contributed by atoms with E-state index in [-0.39, 0.29) is 17.6 Å². The highest BCUT2D eigenvalue weighted by molar-refractivity contribution is 6.21. The maximum atomic E-state index is 11.5. The SMILES string of the molecule is C#C/C=C\CC(Cl)[C@H]1C[C@@H](OC(C)=O)[C@H](OC(C)=O)C=C[C@@H](CC)O1.